The Kier molecular flexibility index (Phi) is 18.3. The van der Waals surface area contributed by atoms with E-state index in [1.165, 1.54) is 142 Å². The molecule has 2 radical (unpaired) electrons. The number of halogens is 2. The number of hydrogen-bond acceptors (Lipinski definition) is 2. The first-order valence-corrected chi connectivity index (χ1v) is 23.6. The van der Waals surface area contributed by atoms with Gasteiger partial charge in [0.15, 0.2) is 0 Å². The Labute approximate surface area is 374 Å². The van der Waals surface area contributed by atoms with Crippen LogP contribution in [-0.2, 0) is 23.3 Å². The molecule has 0 aliphatic carbocycles. The summed E-state index contributed by atoms with van der Waals surface area (Å²) in [6.07, 6.45) is 0. The van der Waals surface area contributed by atoms with Gasteiger partial charge in [-0.1, -0.05) is 105 Å². The van der Waals surface area contributed by atoms with Crippen molar-refractivity contribution in [1.29, 1.82) is 0 Å². The molecule has 8 rings (SSSR count). The van der Waals surface area contributed by atoms with Crippen molar-refractivity contribution in [2.45, 2.75) is 69.2 Å². The van der Waals surface area contributed by atoms with Gasteiger partial charge in [-0.05, 0) is 111 Å². The van der Waals surface area contributed by atoms with Gasteiger partial charge in [0.1, 0.15) is 0 Å². The van der Waals surface area contributed by atoms with Crippen LogP contribution in [0.1, 0.15) is 54.3 Å². The van der Waals surface area contributed by atoms with Gasteiger partial charge in [0.05, 0.1) is 0 Å². The molecule has 0 spiro atoms. The van der Waals surface area contributed by atoms with E-state index in [9.17, 15) is 0 Å². The van der Waals surface area contributed by atoms with E-state index >= 15 is 0 Å². The monoisotopic (exact) mass is 906 g/mol. The van der Waals surface area contributed by atoms with Gasteiger partial charge in [0.2, 0.25) is 0 Å². The van der Waals surface area contributed by atoms with Crippen LogP contribution in [0.25, 0.3) is 64.7 Å². The Morgan fingerprint density at radius 1 is 0.446 bits per heavy atom. The second-order valence-electron chi connectivity index (χ2n) is 14.5. The summed E-state index contributed by atoms with van der Waals surface area (Å²) in [6.45, 7) is 25.1. The average Bonchev–Trinajstić information content (AvgIpc) is 3.89. The van der Waals surface area contributed by atoms with Crippen LogP contribution in [0.2, 0.25) is 0 Å². The fourth-order valence-electron chi connectivity index (χ4n) is 7.65. The zero-order valence-electron chi connectivity index (χ0n) is 34.9. The molecular formula is C50H54Cl2S2SiZr-4. The summed E-state index contributed by atoms with van der Waals surface area (Å²) in [5.41, 5.74) is 18.9. The van der Waals surface area contributed by atoms with Crippen molar-refractivity contribution in [3.63, 3.8) is 0 Å². The molecule has 8 aromatic rings. The van der Waals surface area contributed by atoms with E-state index in [1.54, 1.807) is 0 Å². The van der Waals surface area contributed by atoms with Gasteiger partial charge in [-0.15, -0.1) is 93.9 Å². The molecule has 0 N–H and O–H groups in total. The average molecular weight is 909 g/mol. The molecule has 56 heavy (non-hydrogen) atoms. The molecule has 6 heteroatoms. The maximum atomic E-state index is 3.06. The molecule has 0 atom stereocenters. The maximum absolute atomic E-state index is 3.06. The van der Waals surface area contributed by atoms with Crippen molar-refractivity contribution in [3.8, 4) is 43.1 Å². The summed E-state index contributed by atoms with van der Waals surface area (Å²) < 4.78 is 0. The van der Waals surface area contributed by atoms with E-state index in [4.69, 9.17) is 0 Å². The van der Waals surface area contributed by atoms with Gasteiger partial charge in [-0.25, -0.2) is 0 Å². The van der Waals surface area contributed by atoms with Gasteiger partial charge in [-0.3, -0.25) is 0 Å². The topological polar surface area (TPSA) is 0 Å². The minimum absolute atomic E-state index is 0. The summed E-state index contributed by atoms with van der Waals surface area (Å²) in [4.78, 5) is 5.44. The Balaban J connectivity index is 0.000000347. The van der Waals surface area contributed by atoms with Crippen molar-refractivity contribution in [1.82, 2.24) is 0 Å². The third kappa shape index (κ3) is 10.4. The standard InChI is InChI=1S/2C24H23S.2CH3.2ClH.Si.Zr/c2*1-14-8-15(2)10-21(9-14)24-18(5)16(3)11-19-12-20(13-22(19)24)23-7-6-17(4)25-23;;;;;;/h2*6-13H,1-5H3;2*1H3;2*1H;;/q4*-1;;;;. The number of benzene rings is 4. The Bertz CT molecular complexity index is 2360. The van der Waals surface area contributed by atoms with E-state index in [-0.39, 0.29) is 39.7 Å². The molecule has 292 valence electrons. The second kappa shape index (κ2) is 20.7. The Morgan fingerprint density at radius 3 is 1.05 bits per heavy atom. The number of hydrogen-bond donors (Lipinski definition) is 0. The van der Waals surface area contributed by atoms with Crippen LogP contribution in [0.4, 0.5) is 0 Å². The SMILES string of the molecule is Cc1cc(C)cc(-c2c(C)c(C)cc3[cH-]c(-c4ccc(C)s4)cc23)c1.Cc1cc(C)cc(-c2c(C)c(C)cc3[cH-]c(-c4ccc(C)s4)cc23)c1.Cl.Cl.[CH3-].[CH3-].[Si]=[Zr]. The van der Waals surface area contributed by atoms with E-state index < -0.39 is 0 Å². The Hall–Kier alpha value is -2.82. The molecule has 0 saturated carbocycles. The molecule has 0 fully saturated rings. The van der Waals surface area contributed by atoms with Crippen LogP contribution in [0.5, 0.6) is 0 Å². The van der Waals surface area contributed by atoms with Gasteiger partial charge in [0.25, 0.3) is 0 Å². The molecule has 0 nitrogen and oxygen atoms in total. The molecule has 6 aromatic carbocycles. The number of aryl methyl sites for hydroxylation is 8. The quantitative estimate of drug-likeness (QED) is 0.122. The third-order valence-electron chi connectivity index (χ3n) is 10.1. The van der Waals surface area contributed by atoms with Crippen molar-refractivity contribution >= 4 is 75.9 Å². The molecule has 0 aliphatic rings. The van der Waals surface area contributed by atoms with Crippen LogP contribution in [0.3, 0.4) is 0 Å². The van der Waals surface area contributed by atoms with Crippen LogP contribution in [-0.4, -0.2) is 6.88 Å². The number of thiophene rings is 2. The zero-order valence-corrected chi connectivity index (χ0v) is 41.6. The molecule has 0 unspecified atom stereocenters. The molecule has 2 heterocycles. The normalized spacial score (nSPS) is 10.2. The first-order valence-electron chi connectivity index (χ1n) is 17.8. The van der Waals surface area contributed by atoms with Gasteiger partial charge in [-0.2, -0.15) is 22.7 Å². The van der Waals surface area contributed by atoms with Gasteiger partial charge >= 0.3 is 30.2 Å². The predicted octanol–water partition coefficient (Wildman–Crippen LogP) is 16.4. The zero-order chi connectivity index (χ0) is 37.4. The van der Waals surface area contributed by atoms with Crippen molar-refractivity contribution in [2.24, 2.45) is 0 Å². The van der Waals surface area contributed by atoms with E-state index in [0.29, 0.717) is 0 Å². The van der Waals surface area contributed by atoms with Crippen molar-refractivity contribution in [3.05, 3.63) is 166 Å². The fraction of sp³-hybridized carbons (Fsp3) is 0.200. The third-order valence-corrected chi connectivity index (χ3v) is 12.2. The van der Waals surface area contributed by atoms with E-state index in [0.717, 1.165) is 0 Å². The number of fused-ring (bicyclic) bond motifs is 2. The summed E-state index contributed by atoms with van der Waals surface area (Å²) in [6, 6.07) is 36.8. The molecule has 0 bridgehead atoms. The summed E-state index contributed by atoms with van der Waals surface area (Å²) in [5, 5.41) is 5.43. The predicted molar refractivity (Wildman–Crippen MR) is 257 cm³/mol. The van der Waals surface area contributed by atoms with Gasteiger partial charge in [0, 0.05) is 0 Å². The molecule has 2 aromatic heterocycles. The fourth-order valence-corrected chi connectivity index (χ4v) is 9.36. The van der Waals surface area contributed by atoms with E-state index in [1.807, 2.05) is 22.7 Å². The first-order chi connectivity index (χ1) is 24.8. The number of rotatable bonds is 4. The van der Waals surface area contributed by atoms with Crippen LogP contribution in [0.15, 0.2) is 97.1 Å². The van der Waals surface area contributed by atoms with E-state index in [2.05, 4.69) is 173 Å². The molecule has 0 amide bonds. The van der Waals surface area contributed by atoms with Crippen LogP contribution < -0.4 is 0 Å². The van der Waals surface area contributed by atoms with Gasteiger partial charge < -0.3 is 14.9 Å². The minimum atomic E-state index is 0. The molecule has 0 aliphatic heterocycles. The van der Waals surface area contributed by atoms with Crippen LogP contribution >= 0.6 is 47.5 Å². The molecular weight excluding hydrogens is 855 g/mol. The van der Waals surface area contributed by atoms with Crippen molar-refractivity contribution < 1.29 is 23.3 Å². The van der Waals surface area contributed by atoms with Crippen LogP contribution in [0, 0.1) is 84.1 Å². The second-order valence-corrected chi connectivity index (χ2v) is 17.0. The summed E-state index contributed by atoms with van der Waals surface area (Å²) in [7, 11) is 0. The summed E-state index contributed by atoms with van der Waals surface area (Å²) in [5.74, 6) is 0. The molecule has 0 saturated heterocycles. The van der Waals surface area contributed by atoms with Crippen molar-refractivity contribution in [2.75, 3.05) is 0 Å². The Morgan fingerprint density at radius 2 is 0.768 bits per heavy atom. The summed E-state index contributed by atoms with van der Waals surface area (Å²) >= 11 is 5.10. The first kappa shape index (κ1) is 49.3.